The van der Waals surface area contributed by atoms with E-state index in [0.29, 0.717) is 11.9 Å². The number of aliphatic hydroxyl groups excluding tert-OH is 1. The summed E-state index contributed by atoms with van der Waals surface area (Å²) in [6, 6.07) is 41.7. The van der Waals surface area contributed by atoms with Gasteiger partial charge in [0.15, 0.2) is 0 Å². The van der Waals surface area contributed by atoms with Crippen LogP contribution in [-0.4, -0.2) is 51.5 Å². The summed E-state index contributed by atoms with van der Waals surface area (Å²) in [4.78, 5) is 20.8. The van der Waals surface area contributed by atoms with Crippen molar-refractivity contribution in [2.24, 2.45) is 0 Å². The zero-order valence-electron chi connectivity index (χ0n) is 29.6. The van der Waals surface area contributed by atoms with E-state index >= 15 is 0 Å². The Morgan fingerprint density at radius 1 is 0.640 bits per heavy atom. The molecule has 0 aromatic heterocycles. The van der Waals surface area contributed by atoms with Crippen LogP contribution in [0.2, 0.25) is 0 Å². The zero-order valence-corrected chi connectivity index (χ0v) is 35.8. The number of ether oxygens (including phenoxy) is 1. The molecule has 0 fully saturated rings. The minimum absolute atomic E-state index is 0. The predicted octanol–water partition coefficient (Wildman–Crippen LogP) is 7.22. The molecule has 2 atom stereocenters. The van der Waals surface area contributed by atoms with Crippen molar-refractivity contribution >= 4 is 69.9 Å². The molecule has 4 rings (SSSR count). The second kappa shape index (κ2) is 31.3. The van der Waals surface area contributed by atoms with Crippen LogP contribution in [0.1, 0.15) is 23.7 Å². The third-order valence-corrected chi connectivity index (χ3v) is 11.9. The SMILES string of the molecule is C=CC(=O)Cl.C=CC(=O)OCC(CSCc1ccccc1)SCc1ccccc1.OCC(CSCc1ccccc1)SCc1ccccc1.[H-].[K+]. The average molecular weight is 794 g/mol. The van der Waals surface area contributed by atoms with Gasteiger partial charge < -0.3 is 11.3 Å². The Balaban J connectivity index is 0.000000845. The largest absolute Gasteiger partial charge is 1.00 e. The third kappa shape index (κ3) is 24.1. The van der Waals surface area contributed by atoms with Crippen molar-refractivity contribution in [1.29, 1.82) is 0 Å². The standard InChI is InChI=1S/C20H22O2S2.C17H20OS2.C3H3ClO.K.H/c1-2-20(21)22-13-19(24-15-18-11-7-4-8-12-18)16-23-14-17-9-5-3-6-10-17;18-11-17(20-13-16-9-5-2-6-10-16)14-19-12-15-7-3-1-4-8-15;1-2-3(4)5;;/h2-12,19H,1,13-16H2;1-10,17-18H,11-14H2;2H,1H2;;/q;;;+1;-1. The van der Waals surface area contributed by atoms with E-state index in [9.17, 15) is 14.7 Å². The van der Waals surface area contributed by atoms with Gasteiger partial charge in [0.1, 0.15) is 6.61 Å². The van der Waals surface area contributed by atoms with Gasteiger partial charge in [-0.1, -0.05) is 134 Å². The number of hydrogen-bond acceptors (Lipinski definition) is 8. The average Bonchev–Trinajstić information content (AvgIpc) is 3.16. The molecule has 0 radical (unpaired) electrons. The van der Waals surface area contributed by atoms with Gasteiger partial charge >= 0.3 is 57.4 Å². The number of aliphatic hydroxyl groups is 1. The zero-order chi connectivity index (χ0) is 35.4. The van der Waals surface area contributed by atoms with Crippen molar-refractivity contribution in [3.8, 4) is 0 Å². The molecule has 0 aliphatic heterocycles. The van der Waals surface area contributed by atoms with Gasteiger partial charge in [-0.3, -0.25) is 4.79 Å². The van der Waals surface area contributed by atoms with Gasteiger partial charge in [0.2, 0.25) is 5.24 Å². The van der Waals surface area contributed by atoms with Crippen molar-refractivity contribution in [1.82, 2.24) is 0 Å². The summed E-state index contributed by atoms with van der Waals surface area (Å²) < 4.78 is 5.25. The maximum absolute atomic E-state index is 11.3. The van der Waals surface area contributed by atoms with Gasteiger partial charge in [0.25, 0.3) is 0 Å². The fourth-order valence-electron chi connectivity index (χ4n) is 3.87. The summed E-state index contributed by atoms with van der Waals surface area (Å²) in [6.45, 7) is 7.20. The molecule has 262 valence electrons. The molecule has 0 saturated heterocycles. The molecule has 0 aliphatic rings. The molecular formula is C40H46ClKO4S4. The Hall–Kier alpha value is -1.21. The number of halogens is 1. The first-order chi connectivity index (χ1) is 23.9. The number of hydrogen-bond donors (Lipinski definition) is 1. The Kier molecular flexibility index (Phi) is 29.3. The Bertz CT molecular complexity index is 1460. The minimum Gasteiger partial charge on any atom is -1.00 e. The van der Waals surface area contributed by atoms with Gasteiger partial charge in [-0.05, 0) is 39.9 Å². The summed E-state index contributed by atoms with van der Waals surface area (Å²) in [6.07, 6.45) is 2.26. The van der Waals surface area contributed by atoms with Crippen LogP contribution in [0.25, 0.3) is 0 Å². The van der Waals surface area contributed by atoms with Gasteiger partial charge in [-0.2, -0.15) is 35.3 Å². The van der Waals surface area contributed by atoms with Gasteiger partial charge in [-0.15, -0.1) is 11.8 Å². The monoisotopic (exact) mass is 792 g/mol. The number of thioether (sulfide) groups is 4. The smallest absolute Gasteiger partial charge is 1.00 e. The summed E-state index contributed by atoms with van der Waals surface area (Å²) in [5.74, 6) is 5.45. The van der Waals surface area contributed by atoms with Crippen LogP contribution in [0.3, 0.4) is 0 Å². The first-order valence-electron chi connectivity index (χ1n) is 15.7. The molecule has 4 aromatic carbocycles. The molecule has 4 nitrogen and oxygen atoms in total. The molecule has 0 saturated carbocycles. The Labute approximate surface area is 365 Å². The molecular weight excluding hydrogens is 747 g/mol. The molecule has 0 aliphatic carbocycles. The van der Waals surface area contributed by atoms with E-state index in [2.05, 4.69) is 98.1 Å². The first kappa shape index (κ1) is 46.8. The number of carbonyl (C=O) groups is 2. The third-order valence-electron chi connectivity index (χ3n) is 6.43. The second-order valence-corrected chi connectivity index (χ2v) is 15.4. The van der Waals surface area contributed by atoms with Gasteiger partial charge in [0.05, 0.1) is 6.61 Å². The van der Waals surface area contributed by atoms with Crippen LogP contribution >= 0.6 is 58.6 Å². The van der Waals surface area contributed by atoms with E-state index in [1.165, 1.54) is 28.3 Å². The topological polar surface area (TPSA) is 63.6 Å². The summed E-state index contributed by atoms with van der Waals surface area (Å²) in [7, 11) is 0. The molecule has 10 heteroatoms. The minimum atomic E-state index is -0.509. The number of esters is 1. The molecule has 0 amide bonds. The van der Waals surface area contributed by atoms with Crippen molar-refractivity contribution in [2.45, 2.75) is 33.5 Å². The van der Waals surface area contributed by atoms with E-state index in [4.69, 9.17) is 16.3 Å². The first-order valence-corrected chi connectivity index (χ1v) is 20.5. The second-order valence-electron chi connectivity index (χ2n) is 10.4. The van der Waals surface area contributed by atoms with Crippen LogP contribution in [-0.2, 0) is 37.3 Å². The van der Waals surface area contributed by atoms with E-state index in [-0.39, 0.29) is 70.6 Å². The number of allylic oxidation sites excluding steroid dienone is 1. The fraction of sp³-hybridized carbons (Fsp3) is 0.250. The number of benzene rings is 4. The van der Waals surface area contributed by atoms with E-state index in [0.717, 1.165) is 40.6 Å². The quantitative estimate of drug-likeness (QED) is 0.0463. The van der Waals surface area contributed by atoms with E-state index in [1.54, 1.807) is 0 Å². The number of rotatable bonds is 19. The van der Waals surface area contributed by atoms with Crippen LogP contribution in [0.5, 0.6) is 0 Å². The molecule has 0 heterocycles. The van der Waals surface area contributed by atoms with Gasteiger partial charge in [0, 0.05) is 51.1 Å². The molecule has 0 bridgehead atoms. The van der Waals surface area contributed by atoms with Crippen molar-refractivity contribution in [2.75, 3.05) is 24.7 Å². The van der Waals surface area contributed by atoms with E-state index < -0.39 is 5.24 Å². The van der Waals surface area contributed by atoms with Crippen LogP contribution in [0.4, 0.5) is 0 Å². The van der Waals surface area contributed by atoms with Crippen molar-refractivity contribution in [3.63, 3.8) is 0 Å². The maximum atomic E-state index is 11.3. The molecule has 50 heavy (non-hydrogen) atoms. The van der Waals surface area contributed by atoms with Crippen molar-refractivity contribution < 1.29 is 72.2 Å². The fourth-order valence-corrected chi connectivity index (χ4v) is 8.55. The molecule has 0 spiro atoms. The van der Waals surface area contributed by atoms with Crippen LogP contribution in [0.15, 0.2) is 147 Å². The molecule has 4 aromatic rings. The maximum Gasteiger partial charge on any atom is 1.00 e. The molecule has 2 unspecified atom stereocenters. The molecule has 1 N–H and O–H groups in total. The van der Waals surface area contributed by atoms with E-state index in [1.807, 2.05) is 83.4 Å². The summed E-state index contributed by atoms with van der Waals surface area (Å²) >= 11 is 12.1. The van der Waals surface area contributed by atoms with Gasteiger partial charge in [-0.25, -0.2) is 4.79 Å². The predicted molar refractivity (Wildman–Crippen MR) is 219 cm³/mol. The Morgan fingerprint density at radius 3 is 1.32 bits per heavy atom. The van der Waals surface area contributed by atoms with Crippen LogP contribution < -0.4 is 51.4 Å². The van der Waals surface area contributed by atoms with Crippen LogP contribution in [0, 0.1) is 0 Å². The van der Waals surface area contributed by atoms with Crippen molar-refractivity contribution in [3.05, 3.63) is 169 Å². The number of carbonyl (C=O) groups excluding carboxylic acids is 2. The summed E-state index contributed by atoms with van der Waals surface area (Å²) in [5, 5.41) is 9.53. The summed E-state index contributed by atoms with van der Waals surface area (Å²) in [5.41, 5.74) is 5.28. The Morgan fingerprint density at radius 2 is 0.980 bits per heavy atom. The normalized spacial score (nSPS) is 11.2.